The molecule has 0 aliphatic carbocycles. The van der Waals surface area contributed by atoms with Crippen molar-refractivity contribution in [3.8, 4) is 11.4 Å². The molecule has 1 fully saturated rings. The molecular weight excluding hydrogens is 310 g/mol. The minimum Gasteiger partial charge on any atom is -0.317 e. The lowest BCUT2D eigenvalue weighted by Gasteiger charge is -2.32. The highest BCUT2D eigenvalue weighted by Gasteiger charge is 2.24. The number of nitrogens with one attached hydrogen (secondary N) is 1. The molecule has 0 bridgehead atoms. The summed E-state index contributed by atoms with van der Waals surface area (Å²) in [5, 5.41) is 12.3. The second-order valence-electron chi connectivity index (χ2n) is 6.39. The second kappa shape index (κ2) is 7.43. The Morgan fingerprint density at radius 1 is 1.04 bits per heavy atom. The molecule has 0 unspecified atom stereocenters. The summed E-state index contributed by atoms with van der Waals surface area (Å²) in [6.07, 6.45) is 2.61. The molecule has 1 N–H and O–H groups in total. The third-order valence-corrected chi connectivity index (χ3v) is 4.84. The number of hydrogen-bond donors (Lipinski definition) is 1. The van der Waals surface area contributed by atoms with Crippen LogP contribution in [0, 0.1) is 5.92 Å². The molecular formula is C17H24ClN5. The van der Waals surface area contributed by atoms with E-state index >= 15 is 0 Å². The van der Waals surface area contributed by atoms with Gasteiger partial charge in [-0.2, -0.15) is 0 Å². The third-order valence-electron chi connectivity index (χ3n) is 4.84. The number of hydrogen-bond acceptors (Lipinski definition) is 4. The summed E-state index contributed by atoms with van der Waals surface area (Å²) in [5.74, 6) is 2.96. The topological polar surface area (TPSA) is 46.0 Å². The zero-order valence-corrected chi connectivity index (χ0v) is 14.1. The molecule has 124 valence electrons. The second-order valence-corrected chi connectivity index (χ2v) is 6.39. The molecule has 2 aliphatic heterocycles. The maximum absolute atomic E-state index is 4.44. The lowest BCUT2D eigenvalue weighted by molar-refractivity contribution is 0.168. The van der Waals surface area contributed by atoms with E-state index < -0.39 is 0 Å². The molecule has 0 spiro atoms. The van der Waals surface area contributed by atoms with Gasteiger partial charge in [0.2, 0.25) is 0 Å². The van der Waals surface area contributed by atoms with Crippen molar-refractivity contribution in [3.05, 3.63) is 36.2 Å². The minimum atomic E-state index is 0. The Labute approximate surface area is 143 Å². The molecule has 2 aromatic rings. The molecule has 0 radical (unpaired) electrons. The van der Waals surface area contributed by atoms with Crippen LogP contribution in [0.15, 0.2) is 30.3 Å². The first-order valence-corrected chi connectivity index (χ1v) is 8.31. The highest BCUT2D eigenvalue weighted by molar-refractivity contribution is 5.85. The summed E-state index contributed by atoms with van der Waals surface area (Å²) in [7, 11) is 0. The molecule has 23 heavy (non-hydrogen) atoms. The van der Waals surface area contributed by atoms with Gasteiger partial charge in [-0.05, 0) is 31.8 Å². The molecule has 0 amide bonds. The van der Waals surface area contributed by atoms with Crippen molar-refractivity contribution in [2.45, 2.75) is 25.9 Å². The van der Waals surface area contributed by atoms with Crippen LogP contribution in [-0.2, 0) is 13.1 Å². The third kappa shape index (κ3) is 3.57. The quantitative estimate of drug-likeness (QED) is 0.935. The van der Waals surface area contributed by atoms with E-state index in [1.54, 1.807) is 0 Å². The maximum Gasteiger partial charge on any atom is 0.164 e. The largest absolute Gasteiger partial charge is 0.317 e. The molecule has 4 rings (SSSR count). The van der Waals surface area contributed by atoms with Gasteiger partial charge in [0.15, 0.2) is 5.82 Å². The van der Waals surface area contributed by atoms with Crippen molar-refractivity contribution in [2.24, 2.45) is 5.92 Å². The molecule has 0 atom stereocenters. The number of halogens is 1. The number of benzene rings is 1. The molecule has 1 saturated heterocycles. The van der Waals surface area contributed by atoms with Gasteiger partial charge in [-0.3, -0.25) is 4.90 Å². The van der Waals surface area contributed by atoms with Crippen molar-refractivity contribution in [1.82, 2.24) is 25.0 Å². The smallest absolute Gasteiger partial charge is 0.164 e. The predicted molar refractivity (Wildman–Crippen MR) is 93.6 cm³/mol. The van der Waals surface area contributed by atoms with Crippen LogP contribution in [-0.4, -0.2) is 45.8 Å². The Bertz CT molecular complexity index is 621. The van der Waals surface area contributed by atoms with Gasteiger partial charge in [0, 0.05) is 25.2 Å². The molecule has 2 aliphatic rings. The van der Waals surface area contributed by atoms with Gasteiger partial charge in [-0.15, -0.1) is 22.6 Å². The van der Waals surface area contributed by atoms with Gasteiger partial charge in [-0.1, -0.05) is 30.3 Å². The Morgan fingerprint density at radius 3 is 2.61 bits per heavy atom. The SMILES string of the molecule is Cl.c1ccc(-c2nnc3n2CCN(CC2CCNCC2)C3)cc1. The summed E-state index contributed by atoms with van der Waals surface area (Å²) < 4.78 is 2.29. The number of nitrogens with zero attached hydrogens (tertiary/aromatic N) is 4. The van der Waals surface area contributed by atoms with Crippen LogP contribution in [0.2, 0.25) is 0 Å². The van der Waals surface area contributed by atoms with E-state index in [-0.39, 0.29) is 12.4 Å². The van der Waals surface area contributed by atoms with Crippen molar-refractivity contribution < 1.29 is 0 Å². The number of aromatic nitrogens is 3. The summed E-state index contributed by atoms with van der Waals surface area (Å²) in [5.41, 5.74) is 1.16. The van der Waals surface area contributed by atoms with Crippen LogP contribution < -0.4 is 5.32 Å². The van der Waals surface area contributed by atoms with Gasteiger partial charge in [0.05, 0.1) is 6.54 Å². The molecule has 6 heteroatoms. The highest BCUT2D eigenvalue weighted by atomic mass is 35.5. The van der Waals surface area contributed by atoms with E-state index in [1.807, 2.05) is 6.07 Å². The van der Waals surface area contributed by atoms with Crippen LogP contribution >= 0.6 is 12.4 Å². The van der Waals surface area contributed by atoms with Crippen LogP contribution in [0.5, 0.6) is 0 Å². The molecule has 1 aromatic heterocycles. The molecule has 3 heterocycles. The van der Waals surface area contributed by atoms with E-state index in [0.29, 0.717) is 0 Å². The lowest BCUT2D eigenvalue weighted by Crippen LogP contribution is -2.40. The number of rotatable bonds is 3. The van der Waals surface area contributed by atoms with E-state index in [4.69, 9.17) is 0 Å². The van der Waals surface area contributed by atoms with Gasteiger partial charge >= 0.3 is 0 Å². The molecule has 0 saturated carbocycles. The van der Waals surface area contributed by atoms with Gasteiger partial charge < -0.3 is 9.88 Å². The zero-order chi connectivity index (χ0) is 14.8. The van der Waals surface area contributed by atoms with E-state index in [0.717, 1.165) is 42.8 Å². The monoisotopic (exact) mass is 333 g/mol. The number of piperidine rings is 1. The first-order valence-electron chi connectivity index (χ1n) is 8.31. The van der Waals surface area contributed by atoms with Crippen LogP contribution in [0.1, 0.15) is 18.7 Å². The fraction of sp³-hybridized carbons (Fsp3) is 0.529. The first-order chi connectivity index (χ1) is 10.9. The normalized spacial score (nSPS) is 19.1. The predicted octanol–water partition coefficient (Wildman–Crippen LogP) is 2.18. The lowest BCUT2D eigenvalue weighted by atomic mass is 9.97. The average molecular weight is 334 g/mol. The highest BCUT2D eigenvalue weighted by Crippen LogP contribution is 2.23. The fourth-order valence-electron chi connectivity index (χ4n) is 3.59. The Morgan fingerprint density at radius 2 is 1.83 bits per heavy atom. The van der Waals surface area contributed by atoms with Crippen molar-refractivity contribution >= 4 is 12.4 Å². The fourth-order valence-corrected chi connectivity index (χ4v) is 3.59. The summed E-state index contributed by atoms with van der Waals surface area (Å²) in [4.78, 5) is 2.55. The number of fused-ring (bicyclic) bond motifs is 1. The van der Waals surface area contributed by atoms with Crippen molar-refractivity contribution in [3.63, 3.8) is 0 Å². The van der Waals surface area contributed by atoms with Gasteiger partial charge in [-0.25, -0.2) is 0 Å². The zero-order valence-electron chi connectivity index (χ0n) is 13.3. The summed E-state index contributed by atoms with van der Waals surface area (Å²) in [6, 6.07) is 10.4. The standard InChI is InChI=1S/C17H23N5.ClH/c1-2-4-15(5-3-1)17-20-19-16-13-21(10-11-22(16)17)12-14-6-8-18-9-7-14;/h1-5,14,18H,6-13H2;1H. The minimum absolute atomic E-state index is 0. The summed E-state index contributed by atoms with van der Waals surface area (Å²) >= 11 is 0. The van der Waals surface area contributed by atoms with Crippen molar-refractivity contribution in [2.75, 3.05) is 26.2 Å². The van der Waals surface area contributed by atoms with Crippen LogP contribution in [0.4, 0.5) is 0 Å². The molecule has 5 nitrogen and oxygen atoms in total. The first kappa shape index (κ1) is 16.4. The summed E-state index contributed by atoms with van der Waals surface area (Å²) in [6.45, 7) is 6.59. The van der Waals surface area contributed by atoms with Gasteiger partial charge in [0.1, 0.15) is 5.82 Å². The van der Waals surface area contributed by atoms with E-state index in [2.05, 4.69) is 49.2 Å². The van der Waals surface area contributed by atoms with E-state index in [1.165, 1.54) is 32.5 Å². The van der Waals surface area contributed by atoms with Crippen LogP contribution in [0.25, 0.3) is 11.4 Å². The van der Waals surface area contributed by atoms with Crippen LogP contribution in [0.3, 0.4) is 0 Å². The Kier molecular flexibility index (Phi) is 5.30. The van der Waals surface area contributed by atoms with Gasteiger partial charge in [0.25, 0.3) is 0 Å². The maximum atomic E-state index is 4.44. The average Bonchev–Trinajstić information content (AvgIpc) is 3.00. The Balaban J connectivity index is 0.00000156. The molecule has 1 aromatic carbocycles. The van der Waals surface area contributed by atoms with E-state index in [9.17, 15) is 0 Å². The van der Waals surface area contributed by atoms with Crippen molar-refractivity contribution in [1.29, 1.82) is 0 Å². The Hall–Kier alpha value is -1.43.